The van der Waals surface area contributed by atoms with Crippen molar-refractivity contribution in [1.82, 2.24) is 0 Å². The van der Waals surface area contributed by atoms with E-state index in [1.807, 2.05) is 38.1 Å². The van der Waals surface area contributed by atoms with Crippen LogP contribution in [0.3, 0.4) is 0 Å². The van der Waals surface area contributed by atoms with E-state index in [0.717, 1.165) is 11.3 Å². The average molecular weight is 301 g/mol. The van der Waals surface area contributed by atoms with Crippen molar-refractivity contribution in [2.75, 3.05) is 17.2 Å². The number of anilines is 1. The van der Waals surface area contributed by atoms with E-state index in [0.29, 0.717) is 13.0 Å². The van der Waals surface area contributed by atoms with E-state index < -0.39 is 21.6 Å². The Bertz CT molecular complexity index is 544. The molecule has 0 aromatic heterocycles. The number of aryl methyl sites for hydroxylation is 1. The van der Waals surface area contributed by atoms with Crippen LogP contribution in [0.2, 0.25) is 0 Å². The topological polar surface area (TPSA) is 77.8 Å². The maximum absolute atomic E-state index is 10.9. The van der Waals surface area contributed by atoms with E-state index >= 15 is 0 Å². The van der Waals surface area contributed by atoms with Crippen molar-refractivity contribution < 1.29 is 18.1 Å². The van der Waals surface area contributed by atoms with Gasteiger partial charge in [0.15, 0.2) is 0 Å². The van der Waals surface area contributed by atoms with E-state index in [9.17, 15) is 13.5 Å². The molecular formula is C14H23NO4S. The smallest absolute Gasteiger partial charge is 0.265 e. The highest BCUT2D eigenvalue weighted by Crippen LogP contribution is 2.28. The molecule has 0 heterocycles. The lowest BCUT2D eigenvalue weighted by atomic mass is 10.0. The minimum absolute atomic E-state index is 0.0376. The Labute approximate surface area is 121 Å². The molecule has 1 atom stereocenters. The van der Waals surface area contributed by atoms with Crippen LogP contribution < -0.4 is 4.90 Å². The van der Waals surface area contributed by atoms with Crippen molar-refractivity contribution in [3.05, 3.63) is 29.8 Å². The lowest BCUT2D eigenvalue weighted by molar-refractivity contribution is 0.0297. The predicted molar refractivity (Wildman–Crippen MR) is 80.5 cm³/mol. The van der Waals surface area contributed by atoms with Gasteiger partial charge in [-0.1, -0.05) is 19.1 Å². The molecule has 1 rings (SSSR count). The molecular weight excluding hydrogens is 278 g/mol. The van der Waals surface area contributed by atoms with Crippen LogP contribution >= 0.6 is 0 Å². The molecule has 2 N–H and O–H groups in total. The summed E-state index contributed by atoms with van der Waals surface area (Å²) in [7, 11) is -4.09. The second-order valence-electron chi connectivity index (χ2n) is 4.96. The Morgan fingerprint density at radius 1 is 1.30 bits per heavy atom. The molecule has 1 aromatic carbocycles. The molecule has 0 radical (unpaired) electrons. The second-order valence-corrected chi connectivity index (χ2v) is 6.53. The third-order valence-electron chi connectivity index (χ3n) is 3.46. The van der Waals surface area contributed by atoms with Crippen LogP contribution in [0.5, 0.6) is 0 Å². The van der Waals surface area contributed by atoms with Crippen molar-refractivity contribution in [3.63, 3.8) is 0 Å². The van der Waals surface area contributed by atoms with Crippen LogP contribution in [0.4, 0.5) is 5.69 Å². The predicted octanol–water partition coefficient (Wildman–Crippen LogP) is 2.20. The highest BCUT2D eigenvalue weighted by atomic mass is 32.2. The minimum Gasteiger partial charge on any atom is -0.371 e. The lowest BCUT2D eigenvalue weighted by Gasteiger charge is -2.40. The van der Waals surface area contributed by atoms with E-state index in [1.165, 1.54) is 0 Å². The molecule has 0 saturated heterocycles. The first-order chi connectivity index (χ1) is 9.22. The Hall–Kier alpha value is -1.11. The third-order valence-corrected chi connectivity index (χ3v) is 4.18. The zero-order valence-electron chi connectivity index (χ0n) is 12.2. The minimum atomic E-state index is -4.09. The van der Waals surface area contributed by atoms with Crippen molar-refractivity contribution in [3.8, 4) is 0 Å². The van der Waals surface area contributed by atoms with Crippen LogP contribution in [-0.4, -0.2) is 36.1 Å². The van der Waals surface area contributed by atoms with Crippen molar-refractivity contribution in [2.24, 2.45) is 0 Å². The van der Waals surface area contributed by atoms with E-state index in [1.54, 1.807) is 11.8 Å². The summed E-state index contributed by atoms with van der Waals surface area (Å²) in [6.07, 6.45) is 0.328. The van der Waals surface area contributed by atoms with Crippen molar-refractivity contribution in [2.45, 2.75) is 39.3 Å². The van der Waals surface area contributed by atoms with Crippen molar-refractivity contribution >= 4 is 15.8 Å². The van der Waals surface area contributed by atoms with Gasteiger partial charge in [-0.2, -0.15) is 8.42 Å². The summed E-state index contributed by atoms with van der Waals surface area (Å²) >= 11 is 0. The first-order valence-corrected chi connectivity index (χ1v) is 8.34. The Morgan fingerprint density at radius 3 is 2.40 bits per heavy atom. The fourth-order valence-electron chi connectivity index (χ4n) is 2.31. The fraction of sp³-hybridized carbons (Fsp3) is 0.571. The highest BCUT2D eigenvalue weighted by molar-refractivity contribution is 7.85. The van der Waals surface area contributed by atoms with Crippen LogP contribution in [0.15, 0.2) is 24.3 Å². The normalized spacial score (nSPS) is 14.8. The molecule has 114 valence electrons. The first kappa shape index (κ1) is 16.9. The SMILES string of the molecule is CCN(c1cccc(C)c1)C(O)(CC)CCS(=O)(=O)O. The third kappa shape index (κ3) is 4.47. The first-order valence-electron chi connectivity index (χ1n) is 6.73. The molecule has 0 fully saturated rings. The Balaban J connectivity index is 3.05. The summed E-state index contributed by atoms with van der Waals surface area (Å²) < 4.78 is 30.7. The van der Waals surface area contributed by atoms with Gasteiger partial charge in [0.25, 0.3) is 10.1 Å². The van der Waals surface area contributed by atoms with Gasteiger partial charge in [-0.05, 0) is 38.0 Å². The number of hydrogen-bond donors (Lipinski definition) is 2. The zero-order valence-corrected chi connectivity index (χ0v) is 13.0. The number of aliphatic hydroxyl groups is 1. The monoisotopic (exact) mass is 301 g/mol. The van der Waals surface area contributed by atoms with Crippen molar-refractivity contribution in [1.29, 1.82) is 0 Å². The maximum Gasteiger partial charge on any atom is 0.265 e. The van der Waals surface area contributed by atoms with Gasteiger partial charge in [0.05, 0.1) is 5.75 Å². The Kier molecular flexibility index (Phi) is 5.56. The Morgan fingerprint density at radius 2 is 1.95 bits per heavy atom. The number of hydrogen-bond acceptors (Lipinski definition) is 4. The molecule has 0 aliphatic rings. The largest absolute Gasteiger partial charge is 0.371 e. The highest BCUT2D eigenvalue weighted by Gasteiger charge is 2.33. The van der Waals surface area contributed by atoms with Gasteiger partial charge in [-0.15, -0.1) is 0 Å². The summed E-state index contributed by atoms with van der Waals surface area (Å²) in [6.45, 7) is 6.19. The average Bonchev–Trinajstić information content (AvgIpc) is 2.36. The summed E-state index contributed by atoms with van der Waals surface area (Å²) in [5.41, 5.74) is 0.611. The lowest BCUT2D eigenvalue weighted by Crippen LogP contribution is -2.49. The summed E-state index contributed by atoms with van der Waals surface area (Å²) in [5, 5.41) is 10.7. The summed E-state index contributed by atoms with van der Waals surface area (Å²) in [4.78, 5) is 1.77. The second kappa shape index (κ2) is 6.56. The quantitative estimate of drug-likeness (QED) is 0.596. The van der Waals surface area contributed by atoms with Crippen LogP contribution in [0.25, 0.3) is 0 Å². The number of nitrogens with zero attached hydrogens (tertiary/aromatic N) is 1. The van der Waals surface area contributed by atoms with Crippen LogP contribution in [0, 0.1) is 6.92 Å². The molecule has 0 bridgehead atoms. The maximum atomic E-state index is 10.9. The van der Waals surface area contributed by atoms with Gasteiger partial charge >= 0.3 is 0 Å². The molecule has 0 aliphatic heterocycles. The van der Waals surface area contributed by atoms with Crippen LogP contribution in [-0.2, 0) is 10.1 Å². The van der Waals surface area contributed by atoms with Gasteiger partial charge in [-0.25, -0.2) is 0 Å². The fourth-order valence-corrected chi connectivity index (χ4v) is 2.89. The molecule has 1 unspecified atom stereocenters. The number of rotatable bonds is 7. The molecule has 0 saturated carbocycles. The molecule has 1 aromatic rings. The molecule has 0 amide bonds. The summed E-state index contributed by atoms with van der Waals surface area (Å²) in [5.74, 6) is -0.459. The van der Waals surface area contributed by atoms with E-state index in [2.05, 4.69) is 0 Å². The van der Waals surface area contributed by atoms with Gasteiger partial charge in [0.2, 0.25) is 0 Å². The van der Waals surface area contributed by atoms with Gasteiger partial charge < -0.3 is 10.0 Å². The molecule has 20 heavy (non-hydrogen) atoms. The summed E-state index contributed by atoms with van der Waals surface area (Å²) in [6, 6.07) is 7.68. The molecule has 5 nitrogen and oxygen atoms in total. The van der Waals surface area contributed by atoms with E-state index in [4.69, 9.17) is 4.55 Å². The zero-order chi connectivity index (χ0) is 15.4. The standard InChI is InChI=1S/C14H23NO4S/c1-4-14(16,9-10-20(17,18)19)15(5-2)13-8-6-7-12(3)11-13/h6-8,11,16H,4-5,9-10H2,1-3H3,(H,17,18,19). The molecule has 0 aliphatic carbocycles. The molecule has 0 spiro atoms. The van der Waals surface area contributed by atoms with Gasteiger partial charge in [0.1, 0.15) is 5.72 Å². The van der Waals surface area contributed by atoms with Gasteiger partial charge in [0, 0.05) is 18.7 Å². The van der Waals surface area contributed by atoms with Crippen LogP contribution in [0.1, 0.15) is 32.3 Å². The van der Waals surface area contributed by atoms with Gasteiger partial charge in [-0.3, -0.25) is 4.55 Å². The van der Waals surface area contributed by atoms with E-state index in [-0.39, 0.29) is 6.42 Å². The molecule has 6 heteroatoms. The number of benzene rings is 1.